The molecule has 0 heterocycles. The Morgan fingerprint density at radius 2 is 2.18 bits per heavy atom. The van der Waals surface area contributed by atoms with Gasteiger partial charge in [0.2, 0.25) is 0 Å². The average molecular weight is 238 g/mol. The summed E-state index contributed by atoms with van der Waals surface area (Å²) in [5.41, 5.74) is 0.863. The second-order valence-corrected chi connectivity index (χ2v) is 3.65. The molecule has 17 heavy (non-hydrogen) atoms. The summed E-state index contributed by atoms with van der Waals surface area (Å²) < 4.78 is 4.75. The van der Waals surface area contributed by atoms with Gasteiger partial charge in [-0.25, -0.2) is 4.79 Å². The number of hydrogen-bond acceptors (Lipinski definition) is 3. The molecule has 0 aliphatic carbocycles. The molecule has 0 spiro atoms. The zero-order valence-corrected chi connectivity index (χ0v) is 10.7. The van der Waals surface area contributed by atoms with Crippen LogP contribution in [0.25, 0.3) is 0 Å². The number of ether oxygens (including phenoxy) is 1. The predicted molar refractivity (Wildman–Crippen MR) is 69.6 cm³/mol. The van der Waals surface area contributed by atoms with Crippen LogP contribution in [-0.2, 0) is 9.53 Å². The molecule has 0 radical (unpaired) electrons. The molecule has 1 atom stereocenters. The van der Waals surface area contributed by atoms with Crippen LogP contribution in [0.1, 0.15) is 33.1 Å². The minimum atomic E-state index is -0.468. The van der Waals surface area contributed by atoms with Crippen LogP contribution in [0.15, 0.2) is 36.5 Å². The van der Waals surface area contributed by atoms with Crippen molar-refractivity contribution in [3.05, 3.63) is 36.5 Å². The lowest BCUT2D eigenvalue weighted by molar-refractivity contribution is -0.137. The Kier molecular flexibility index (Phi) is 9.06. The number of allylic oxidation sites excluding steroid dienone is 3. The fourth-order valence-electron chi connectivity index (χ4n) is 1.38. The molecule has 96 valence electrons. The molecular formula is C14H22O3. The highest BCUT2D eigenvalue weighted by molar-refractivity contribution is 5.82. The molecule has 1 N–H and O–H groups in total. The first-order valence-corrected chi connectivity index (χ1v) is 5.98. The van der Waals surface area contributed by atoms with Crippen molar-refractivity contribution in [1.29, 1.82) is 0 Å². The number of carbonyl (C=O) groups excluding carboxylic acids is 1. The number of aliphatic hydroxyl groups is 1. The molecule has 3 nitrogen and oxygen atoms in total. The van der Waals surface area contributed by atoms with Gasteiger partial charge in [0.05, 0.1) is 12.7 Å². The zero-order chi connectivity index (χ0) is 13.1. The van der Waals surface area contributed by atoms with Gasteiger partial charge in [0.25, 0.3) is 0 Å². The van der Waals surface area contributed by atoms with Crippen molar-refractivity contribution in [2.45, 2.75) is 39.2 Å². The lowest BCUT2D eigenvalue weighted by atomic mass is 10.0. The molecule has 3 heteroatoms. The summed E-state index contributed by atoms with van der Waals surface area (Å²) in [6, 6.07) is 0. The summed E-state index contributed by atoms with van der Waals surface area (Å²) >= 11 is 0. The Morgan fingerprint density at radius 1 is 1.47 bits per heavy atom. The first-order valence-electron chi connectivity index (χ1n) is 5.98. The Labute approximate surface area is 103 Å². The molecule has 0 aromatic carbocycles. The summed E-state index contributed by atoms with van der Waals surface area (Å²) in [6.07, 6.45) is 8.23. The molecule has 0 aromatic heterocycles. The molecule has 0 fully saturated rings. The van der Waals surface area contributed by atoms with E-state index in [1.165, 1.54) is 6.08 Å². The Morgan fingerprint density at radius 3 is 2.71 bits per heavy atom. The highest BCUT2D eigenvalue weighted by Gasteiger charge is 2.07. The maximum atomic E-state index is 11.1. The Hall–Kier alpha value is -1.35. The second kappa shape index (κ2) is 9.85. The summed E-state index contributed by atoms with van der Waals surface area (Å²) in [5, 5.41) is 9.84. The van der Waals surface area contributed by atoms with Gasteiger partial charge >= 0.3 is 5.97 Å². The number of aliphatic hydroxyl groups excluding tert-OH is 1. The number of hydrogen-bond donors (Lipinski definition) is 1. The van der Waals surface area contributed by atoms with Gasteiger partial charge in [-0.2, -0.15) is 0 Å². The fourth-order valence-corrected chi connectivity index (χ4v) is 1.38. The molecule has 1 unspecified atom stereocenters. The van der Waals surface area contributed by atoms with Gasteiger partial charge < -0.3 is 9.84 Å². The average Bonchev–Trinajstić information content (AvgIpc) is 2.28. The minimum absolute atomic E-state index is 0.366. The van der Waals surface area contributed by atoms with Crippen molar-refractivity contribution in [3.8, 4) is 0 Å². The third kappa shape index (κ3) is 7.53. The molecule has 0 amide bonds. The smallest absolute Gasteiger partial charge is 0.330 e. The SMILES string of the molecule is C=CC/C(=C\C=C\C(=O)OCC)C(O)CCC. The number of carbonyl (C=O) groups is 1. The van der Waals surface area contributed by atoms with E-state index in [4.69, 9.17) is 4.74 Å². The molecule has 0 aliphatic rings. The van der Waals surface area contributed by atoms with E-state index in [0.29, 0.717) is 19.4 Å². The zero-order valence-electron chi connectivity index (χ0n) is 10.7. The molecule has 0 saturated carbocycles. The van der Waals surface area contributed by atoms with Gasteiger partial charge in [0, 0.05) is 6.08 Å². The highest BCUT2D eigenvalue weighted by Crippen LogP contribution is 2.13. The lowest BCUT2D eigenvalue weighted by Crippen LogP contribution is -2.09. The van der Waals surface area contributed by atoms with Gasteiger partial charge in [0.1, 0.15) is 0 Å². The Balaban J connectivity index is 4.47. The van der Waals surface area contributed by atoms with E-state index in [0.717, 1.165) is 12.0 Å². The van der Waals surface area contributed by atoms with E-state index in [1.54, 1.807) is 25.2 Å². The van der Waals surface area contributed by atoms with Crippen molar-refractivity contribution in [3.63, 3.8) is 0 Å². The predicted octanol–water partition coefficient (Wildman–Crippen LogP) is 2.77. The quantitative estimate of drug-likeness (QED) is 0.306. The van der Waals surface area contributed by atoms with Crippen LogP contribution >= 0.6 is 0 Å². The monoisotopic (exact) mass is 238 g/mol. The second-order valence-electron chi connectivity index (χ2n) is 3.65. The van der Waals surface area contributed by atoms with E-state index in [2.05, 4.69) is 6.58 Å². The lowest BCUT2D eigenvalue weighted by Gasteiger charge is -2.11. The van der Waals surface area contributed by atoms with Gasteiger partial charge in [-0.1, -0.05) is 31.6 Å². The van der Waals surface area contributed by atoms with Crippen LogP contribution in [0, 0.1) is 0 Å². The Bertz CT molecular complexity index is 290. The number of esters is 1. The summed E-state index contributed by atoms with van der Waals surface area (Å²) in [4.78, 5) is 11.1. The van der Waals surface area contributed by atoms with Crippen molar-refractivity contribution in [2.24, 2.45) is 0 Å². The maximum absolute atomic E-state index is 11.1. The molecule has 0 saturated heterocycles. The van der Waals surface area contributed by atoms with E-state index in [9.17, 15) is 9.90 Å². The van der Waals surface area contributed by atoms with Crippen LogP contribution in [0.3, 0.4) is 0 Å². The molecule has 0 aliphatic heterocycles. The van der Waals surface area contributed by atoms with Crippen LogP contribution in [0.5, 0.6) is 0 Å². The normalized spacial score (nSPS) is 13.7. The minimum Gasteiger partial charge on any atom is -0.463 e. The fraction of sp³-hybridized carbons (Fsp3) is 0.500. The van der Waals surface area contributed by atoms with Gasteiger partial charge in [-0.05, 0) is 25.3 Å². The molecule has 0 rings (SSSR count). The topological polar surface area (TPSA) is 46.5 Å². The van der Waals surface area contributed by atoms with Gasteiger partial charge in [0.15, 0.2) is 0 Å². The molecule has 0 aromatic rings. The van der Waals surface area contributed by atoms with Crippen LogP contribution in [-0.4, -0.2) is 23.8 Å². The number of rotatable bonds is 8. The van der Waals surface area contributed by atoms with E-state index >= 15 is 0 Å². The van der Waals surface area contributed by atoms with Gasteiger partial charge in [-0.15, -0.1) is 6.58 Å². The van der Waals surface area contributed by atoms with E-state index < -0.39 is 6.10 Å². The van der Waals surface area contributed by atoms with Gasteiger partial charge in [-0.3, -0.25) is 0 Å². The molecular weight excluding hydrogens is 216 g/mol. The standard InChI is InChI=1S/C14H22O3/c1-4-8-12(13(15)9-5-2)10-7-11-14(16)17-6-3/h4,7,10-11,13,15H,1,5-6,8-9H2,2-3H3/b11-7+,12-10+. The largest absolute Gasteiger partial charge is 0.463 e. The van der Waals surface area contributed by atoms with Crippen molar-refractivity contribution in [2.75, 3.05) is 6.61 Å². The summed E-state index contributed by atoms with van der Waals surface area (Å²) in [6.45, 7) is 7.79. The third-order valence-electron chi connectivity index (χ3n) is 2.20. The maximum Gasteiger partial charge on any atom is 0.330 e. The highest BCUT2D eigenvalue weighted by atomic mass is 16.5. The summed E-state index contributed by atoms with van der Waals surface area (Å²) in [7, 11) is 0. The molecule has 0 bridgehead atoms. The van der Waals surface area contributed by atoms with Crippen LogP contribution in [0.2, 0.25) is 0 Å². The van der Waals surface area contributed by atoms with Crippen molar-refractivity contribution < 1.29 is 14.6 Å². The third-order valence-corrected chi connectivity index (χ3v) is 2.20. The van der Waals surface area contributed by atoms with Crippen LogP contribution in [0.4, 0.5) is 0 Å². The first-order chi connectivity index (χ1) is 8.15. The van der Waals surface area contributed by atoms with Crippen molar-refractivity contribution in [1.82, 2.24) is 0 Å². The summed E-state index contributed by atoms with van der Waals surface area (Å²) in [5.74, 6) is -0.369. The van der Waals surface area contributed by atoms with E-state index in [1.807, 2.05) is 6.92 Å². The van der Waals surface area contributed by atoms with Crippen molar-refractivity contribution >= 4 is 5.97 Å². The first kappa shape index (κ1) is 15.7. The van der Waals surface area contributed by atoms with E-state index in [-0.39, 0.29) is 5.97 Å². The van der Waals surface area contributed by atoms with Crippen LogP contribution < -0.4 is 0 Å².